The van der Waals surface area contributed by atoms with Gasteiger partial charge in [0.15, 0.2) is 0 Å². The van der Waals surface area contributed by atoms with E-state index in [-0.39, 0.29) is 0 Å². The van der Waals surface area contributed by atoms with Crippen molar-refractivity contribution >= 4 is 10.9 Å². The van der Waals surface area contributed by atoms with E-state index in [1.807, 2.05) is 23.0 Å². The third kappa shape index (κ3) is 2.83. The zero-order valence-electron chi connectivity index (χ0n) is 10.8. The number of rotatable bonds is 5. The third-order valence-corrected chi connectivity index (χ3v) is 3.22. The number of aromatic nitrogens is 2. The van der Waals surface area contributed by atoms with Gasteiger partial charge in [-0.15, -0.1) is 0 Å². The van der Waals surface area contributed by atoms with Crippen molar-refractivity contribution in [2.45, 2.75) is 13.1 Å². The molecule has 0 amide bonds. The minimum absolute atomic E-state index is 0.889. The van der Waals surface area contributed by atoms with Crippen LogP contribution in [-0.2, 0) is 13.1 Å². The average Bonchev–Trinajstić information content (AvgIpc) is 2.88. The van der Waals surface area contributed by atoms with E-state index in [1.165, 1.54) is 16.5 Å². The summed E-state index contributed by atoms with van der Waals surface area (Å²) < 4.78 is 2.05. The topological polar surface area (TPSA) is 29.9 Å². The average molecular weight is 251 g/mol. The molecular weight excluding hydrogens is 234 g/mol. The lowest BCUT2D eigenvalue weighted by Crippen LogP contribution is -2.19. The van der Waals surface area contributed by atoms with Gasteiger partial charge in [-0.25, -0.2) is 0 Å². The first-order chi connectivity index (χ1) is 9.43. The van der Waals surface area contributed by atoms with E-state index in [0.29, 0.717) is 0 Å². The van der Waals surface area contributed by atoms with E-state index in [9.17, 15) is 0 Å². The summed E-state index contributed by atoms with van der Waals surface area (Å²) in [7, 11) is 0. The summed E-state index contributed by atoms with van der Waals surface area (Å²) in [4.78, 5) is 0. The summed E-state index contributed by atoms with van der Waals surface area (Å²) in [5.41, 5.74) is 2.51. The Balaban J connectivity index is 1.55. The van der Waals surface area contributed by atoms with Crippen molar-refractivity contribution in [2.75, 3.05) is 6.54 Å². The highest BCUT2D eigenvalue weighted by atomic mass is 15.3. The molecule has 3 aromatic rings. The van der Waals surface area contributed by atoms with Gasteiger partial charge in [0.05, 0.1) is 18.3 Å². The molecule has 1 heterocycles. The molecule has 2 aromatic carbocycles. The second kappa shape index (κ2) is 5.67. The van der Waals surface area contributed by atoms with Crippen LogP contribution in [0.25, 0.3) is 10.9 Å². The van der Waals surface area contributed by atoms with Gasteiger partial charge in [0.25, 0.3) is 0 Å². The molecule has 0 unspecified atom stereocenters. The Hall–Kier alpha value is -2.13. The lowest BCUT2D eigenvalue weighted by atomic mass is 10.2. The number of para-hydroxylation sites is 1. The van der Waals surface area contributed by atoms with Crippen LogP contribution in [0.5, 0.6) is 0 Å². The van der Waals surface area contributed by atoms with Gasteiger partial charge in [-0.2, -0.15) is 5.10 Å². The van der Waals surface area contributed by atoms with Crippen molar-refractivity contribution in [2.24, 2.45) is 0 Å². The summed E-state index contributed by atoms with van der Waals surface area (Å²) >= 11 is 0. The maximum absolute atomic E-state index is 4.42. The molecule has 1 N–H and O–H groups in total. The van der Waals surface area contributed by atoms with E-state index < -0.39 is 0 Å². The number of nitrogens with one attached hydrogen (secondary N) is 1. The van der Waals surface area contributed by atoms with Crippen molar-refractivity contribution in [1.82, 2.24) is 15.1 Å². The summed E-state index contributed by atoms with van der Waals surface area (Å²) in [6, 6.07) is 18.7. The summed E-state index contributed by atoms with van der Waals surface area (Å²) in [5, 5.41) is 9.06. The first kappa shape index (κ1) is 11.9. The van der Waals surface area contributed by atoms with E-state index in [4.69, 9.17) is 0 Å². The molecule has 3 rings (SSSR count). The third-order valence-electron chi connectivity index (χ3n) is 3.22. The van der Waals surface area contributed by atoms with Gasteiger partial charge in [-0.3, -0.25) is 4.68 Å². The van der Waals surface area contributed by atoms with Crippen LogP contribution in [0, 0.1) is 0 Å². The normalized spacial score (nSPS) is 10.9. The fourth-order valence-electron chi connectivity index (χ4n) is 2.22. The Morgan fingerprint density at radius 2 is 1.74 bits per heavy atom. The lowest BCUT2D eigenvalue weighted by molar-refractivity contribution is 0.567. The molecule has 3 nitrogen and oxygen atoms in total. The van der Waals surface area contributed by atoms with Crippen molar-refractivity contribution < 1.29 is 0 Å². The van der Waals surface area contributed by atoms with Gasteiger partial charge >= 0.3 is 0 Å². The predicted octanol–water partition coefficient (Wildman–Crippen LogP) is 2.83. The minimum Gasteiger partial charge on any atom is -0.311 e. The molecular formula is C16H17N3. The molecule has 96 valence electrons. The Morgan fingerprint density at radius 1 is 0.947 bits per heavy atom. The molecule has 3 heteroatoms. The van der Waals surface area contributed by atoms with E-state index in [1.54, 1.807) is 0 Å². The summed E-state index contributed by atoms with van der Waals surface area (Å²) in [6.07, 6.45) is 1.92. The van der Waals surface area contributed by atoms with E-state index >= 15 is 0 Å². The Kier molecular flexibility index (Phi) is 3.56. The highest BCUT2D eigenvalue weighted by Gasteiger charge is 2.00. The molecule has 1 aromatic heterocycles. The highest BCUT2D eigenvalue weighted by molar-refractivity contribution is 5.78. The monoisotopic (exact) mass is 251 g/mol. The predicted molar refractivity (Wildman–Crippen MR) is 77.9 cm³/mol. The summed E-state index contributed by atoms with van der Waals surface area (Å²) in [5.74, 6) is 0. The van der Waals surface area contributed by atoms with Crippen LogP contribution in [0.15, 0.2) is 60.8 Å². The SMILES string of the molecule is c1ccc(CNCCn2ncc3ccccc32)cc1. The molecule has 0 atom stereocenters. The molecule has 0 aliphatic heterocycles. The van der Waals surface area contributed by atoms with Crippen molar-refractivity contribution in [1.29, 1.82) is 0 Å². The quantitative estimate of drug-likeness (QED) is 0.707. The van der Waals surface area contributed by atoms with Crippen LogP contribution in [0.3, 0.4) is 0 Å². The molecule has 0 spiro atoms. The number of hydrogen-bond acceptors (Lipinski definition) is 2. The number of nitrogens with zero attached hydrogens (tertiary/aromatic N) is 2. The van der Waals surface area contributed by atoms with Crippen LogP contribution < -0.4 is 5.32 Å². The largest absolute Gasteiger partial charge is 0.311 e. The zero-order chi connectivity index (χ0) is 12.9. The maximum atomic E-state index is 4.42. The van der Waals surface area contributed by atoms with Crippen LogP contribution >= 0.6 is 0 Å². The molecule has 0 aliphatic carbocycles. The standard InChI is InChI=1S/C16H17N3/c1-2-6-14(7-3-1)12-17-10-11-19-16-9-5-4-8-15(16)13-18-19/h1-9,13,17H,10-12H2. The molecule has 0 radical (unpaired) electrons. The number of hydrogen-bond donors (Lipinski definition) is 1. The number of benzene rings is 2. The Labute approximate surface area is 112 Å². The maximum Gasteiger partial charge on any atom is 0.0682 e. The smallest absolute Gasteiger partial charge is 0.0682 e. The molecule has 0 saturated carbocycles. The van der Waals surface area contributed by atoms with Crippen molar-refractivity contribution in [3.63, 3.8) is 0 Å². The molecule has 0 saturated heterocycles. The van der Waals surface area contributed by atoms with E-state index in [0.717, 1.165) is 19.6 Å². The van der Waals surface area contributed by atoms with Gasteiger partial charge in [0.1, 0.15) is 0 Å². The Morgan fingerprint density at radius 3 is 2.63 bits per heavy atom. The second-order valence-corrected chi connectivity index (χ2v) is 4.59. The van der Waals surface area contributed by atoms with Crippen molar-refractivity contribution in [3.05, 3.63) is 66.4 Å². The second-order valence-electron chi connectivity index (χ2n) is 4.59. The van der Waals surface area contributed by atoms with Crippen LogP contribution in [-0.4, -0.2) is 16.3 Å². The van der Waals surface area contributed by atoms with Crippen LogP contribution in [0.2, 0.25) is 0 Å². The first-order valence-electron chi connectivity index (χ1n) is 6.59. The molecule has 0 bridgehead atoms. The zero-order valence-corrected chi connectivity index (χ0v) is 10.8. The van der Waals surface area contributed by atoms with Gasteiger partial charge in [-0.1, -0.05) is 48.5 Å². The van der Waals surface area contributed by atoms with Crippen LogP contribution in [0.4, 0.5) is 0 Å². The molecule has 0 aliphatic rings. The van der Waals surface area contributed by atoms with Gasteiger partial charge in [0.2, 0.25) is 0 Å². The summed E-state index contributed by atoms with van der Waals surface area (Å²) in [6.45, 7) is 2.71. The molecule has 19 heavy (non-hydrogen) atoms. The fraction of sp³-hybridized carbons (Fsp3) is 0.188. The van der Waals surface area contributed by atoms with Gasteiger partial charge < -0.3 is 5.32 Å². The number of fused-ring (bicyclic) bond motifs is 1. The van der Waals surface area contributed by atoms with Crippen molar-refractivity contribution in [3.8, 4) is 0 Å². The fourth-order valence-corrected chi connectivity index (χ4v) is 2.22. The van der Waals surface area contributed by atoms with Gasteiger partial charge in [-0.05, 0) is 11.6 Å². The van der Waals surface area contributed by atoms with Crippen LogP contribution in [0.1, 0.15) is 5.56 Å². The highest BCUT2D eigenvalue weighted by Crippen LogP contribution is 2.11. The Bertz CT molecular complexity index is 643. The minimum atomic E-state index is 0.889. The lowest BCUT2D eigenvalue weighted by Gasteiger charge is -2.06. The molecule has 0 fully saturated rings. The van der Waals surface area contributed by atoms with Gasteiger partial charge in [0, 0.05) is 18.5 Å². The first-order valence-corrected chi connectivity index (χ1v) is 6.59. The van der Waals surface area contributed by atoms with E-state index in [2.05, 4.69) is 52.9 Å².